The highest BCUT2D eigenvalue weighted by molar-refractivity contribution is 5.72. The number of hydrogen-bond donors (Lipinski definition) is 0. The summed E-state index contributed by atoms with van der Waals surface area (Å²) in [5, 5.41) is 11.0. The average molecular weight is 295 g/mol. The molecule has 114 valence electrons. The van der Waals surface area contributed by atoms with Crippen LogP contribution in [0.3, 0.4) is 0 Å². The van der Waals surface area contributed by atoms with Crippen LogP contribution in [-0.2, 0) is 19.7 Å². The van der Waals surface area contributed by atoms with Gasteiger partial charge < -0.3 is 14.2 Å². The first-order chi connectivity index (χ1) is 10.0. The second-order valence-corrected chi connectivity index (χ2v) is 4.93. The highest BCUT2D eigenvalue weighted by Gasteiger charge is 2.43. The van der Waals surface area contributed by atoms with Crippen molar-refractivity contribution in [1.82, 2.24) is 0 Å². The number of rotatable bonds is 6. The molecule has 2 rings (SSSR count). The van der Waals surface area contributed by atoms with E-state index < -0.39 is 10.3 Å². The molecule has 0 radical (unpaired) electrons. The summed E-state index contributed by atoms with van der Waals surface area (Å²) < 4.78 is 15.3. The van der Waals surface area contributed by atoms with Gasteiger partial charge >= 0.3 is 5.97 Å². The molecular weight excluding hydrogens is 278 g/mol. The third kappa shape index (κ3) is 3.13. The van der Waals surface area contributed by atoms with Crippen molar-refractivity contribution in [2.45, 2.75) is 18.8 Å². The summed E-state index contributed by atoms with van der Waals surface area (Å²) >= 11 is 0. The molecule has 0 N–H and O–H groups in total. The third-order valence-corrected chi connectivity index (χ3v) is 3.49. The van der Waals surface area contributed by atoms with E-state index >= 15 is 0 Å². The van der Waals surface area contributed by atoms with Gasteiger partial charge in [-0.05, 0) is 18.6 Å². The fourth-order valence-corrected chi connectivity index (χ4v) is 2.32. The molecule has 0 saturated carbocycles. The maximum absolute atomic E-state index is 11.8. The number of nitro benzene ring substituents is 1. The van der Waals surface area contributed by atoms with Crippen molar-refractivity contribution in [2.24, 2.45) is 0 Å². The Morgan fingerprint density at radius 3 is 2.62 bits per heavy atom. The maximum atomic E-state index is 11.8. The topological polar surface area (TPSA) is 87.9 Å². The van der Waals surface area contributed by atoms with E-state index in [1.54, 1.807) is 13.0 Å². The van der Waals surface area contributed by atoms with E-state index in [0.717, 1.165) is 0 Å². The Kier molecular flexibility index (Phi) is 4.42. The van der Waals surface area contributed by atoms with Gasteiger partial charge in [-0.3, -0.25) is 14.9 Å². The Morgan fingerprint density at radius 1 is 1.43 bits per heavy atom. The molecule has 1 fully saturated rings. The van der Waals surface area contributed by atoms with Gasteiger partial charge in [0.25, 0.3) is 5.69 Å². The molecule has 0 spiro atoms. The van der Waals surface area contributed by atoms with Gasteiger partial charge in [-0.2, -0.15) is 0 Å². The summed E-state index contributed by atoms with van der Waals surface area (Å²) in [6, 6.07) is 4.51. The zero-order valence-corrected chi connectivity index (χ0v) is 12.0. The summed E-state index contributed by atoms with van der Waals surface area (Å²) in [6.07, 6.45) is 0.130. The predicted octanol–water partition coefficient (Wildman–Crippen LogP) is 1.82. The van der Waals surface area contributed by atoms with Gasteiger partial charge in [-0.1, -0.05) is 0 Å². The smallest absolute Gasteiger partial charge is 0.306 e. The van der Waals surface area contributed by atoms with E-state index in [1.165, 1.54) is 19.2 Å². The lowest BCUT2D eigenvalue weighted by Gasteiger charge is -2.41. The Morgan fingerprint density at radius 2 is 2.14 bits per heavy atom. The monoisotopic (exact) mass is 295 g/mol. The number of carbonyl (C=O) groups excluding carboxylic acids is 1. The van der Waals surface area contributed by atoms with Crippen LogP contribution in [0.1, 0.15) is 18.9 Å². The fraction of sp³-hybridized carbons (Fsp3) is 0.500. The van der Waals surface area contributed by atoms with Crippen molar-refractivity contribution in [3.05, 3.63) is 33.9 Å². The first-order valence-electron chi connectivity index (χ1n) is 6.58. The molecule has 0 atom stereocenters. The minimum atomic E-state index is -0.578. The molecule has 1 aliphatic rings. The van der Waals surface area contributed by atoms with Crippen molar-refractivity contribution in [3.8, 4) is 5.75 Å². The van der Waals surface area contributed by atoms with Crippen LogP contribution < -0.4 is 4.74 Å². The largest absolute Gasteiger partial charge is 0.496 e. The van der Waals surface area contributed by atoms with Crippen LogP contribution in [0.25, 0.3) is 0 Å². The molecule has 1 heterocycles. The molecule has 0 aromatic heterocycles. The number of esters is 1. The van der Waals surface area contributed by atoms with E-state index in [0.29, 0.717) is 31.1 Å². The number of benzene rings is 1. The molecule has 0 bridgehead atoms. The second-order valence-electron chi connectivity index (χ2n) is 4.93. The lowest BCUT2D eigenvalue weighted by Crippen LogP contribution is -2.48. The number of methoxy groups -OCH3 is 1. The first-order valence-corrected chi connectivity index (χ1v) is 6.58. The van der Waals surface area contributed by atoms with E-state index in [9.17, 15) is 14.9 Å². The van der Waals surface area contributed by atoms with Gasteiger partial charge in [0.05, 0.1) is 49.8 Å². The molecule has 1 saturated heterocycles. The van der Waals surface area contributed by atoms with Crippen molar-refractivity contribution in [1.29, 1.82) is 0 Å². The van der Waals surface area contributed by atoms with E-state index in [1.807, 2.05) is 0 Å². The number of hydrogen-bond acceptors (Lipinski definition) is 6. The fourth-order valence-electron chi connectivity index (χ4n) is 2.32. The van der Waals surface area contributed by atoms with Crippen LogP contribution in [0.4, 0.5) is 5.69 Å². The Labute approximate surface area is 122 Å². The zero-order valence-electron chi connectivity index (χ0n) is 12.0. The van der Waals surface area contributed by atoms with Gasteiger partial charge in [0.2, 0.25) is 0 Å². The van der Waals surface area contributed by atoms with Crippen LogP contribution in [0.15, 0.2) is 18.2 Å². The number of carbonyl (C=O) groups is 1. The van der Waals surface area contributed by atoms with Crippen molar-refractivity contribution >= 4 is 11.7 Å². The van der Waals surface area contributed by atoms with Gasteiger partial charge in [-0.25, -0.2) is 0 Å². The number of ether oxygens (including phenoxy) is 3. The lowest BCUT2D eigenvalue weighted by atomic mass is 9.75. The van der Waals surface area contributed by atoms with Gasteiger partial charge in [0.1, 0.15) is 5.75 Å². The van der Waals surface area contributed by atoms with Crippen molar-refractivity contribution in [3.63, 3.8) is 0 Å². The predicted molar refractivity (Wildman–Crippen MR) is 73.4 cm³/mol. The van der Waals surface area contributed by atoms with Crippen molar-refractivity contribution in [2.75, 3.05) is 26.9 Å². The second kappa shape index (κ2) is 6.09. The zero-order chi connectivity index (χ0) is 15.5. The van der Waals surface area contributed by atoms with E-state index in [2.05, 4.69) is 0 Å². The SMILES string of the molecule is CCOC(=O)CC1(c2cc(OC)cc([N+](=O)[O-])c2)COC1. The molecule has 7 heteroatoms. The molecule has 21 heavy (non-hydrogen) atoms. The first kappa shape index (κ1) is 15.2. The highest BCUT2D eigenvalue weighted by Crippen LogP contribution is 2.39. The normalized spacial score (nSPS) is 15.9. The van der Waals surface area contributed by atoms with E-state index in [-0.39, 0.29) is 18.1 Å². The van der Waals surface area contributed by atoms with Crippen LogP contribution in [0, 0.1) is 10.1 Å². The van der Waals surface area contributed by atoms with Crippen LogP contribution in [-0.4, -0.2) is 37.8 Å². The van der Waals surface area contributed by atoms with Crippen LogP contribution in [0.2, 0.25) is 0 Å². The molecule has 1 aromatic rings. The van der Waals surface area contributed by atoms with Gasteiger partial charge in [-0.15, -0.1) is 0 Å². The highest BCUT2D eigenvalue weighted by atomic mass is 16.6. The molecule has 0 amide bonds. The number of nitro groups is 1. The quantitative estimate of drug-likeness (QED) is 0.452. The van der Waals surface area contributed by atoms with Gasteiger partial charge in [0.15, 0.2) is 0 Å². The van der Waals surface area contributed by atoms with Crippen LogP contribution in [0.5, 0.6) is 5.75 Å². The Bertz CT molecular complexity index is 552. The average Bonchev–Trinajstić information content (AvgIpc) is 2.42. The van der Waals surface area contributed by atoms with Gasteiger partial charge in [0, 0.05) is 6.07 Å². The standard InChI is InChI=1S/C14H17NO6/c1-3-21-13(16)7-14(8-20-9-14)10-4-11(15(17)18)6-12(5-10)19-2/h4-6H,3,7-9H2,1-2H3. The summed E-state index contributed by atoms with van der Waals surface area (Å²) in [5.41, 5.74) is 0.0123. The molecule has 0 aliphatic carbocycles. The summed E-state index contributed by atoms with van der Waals surface area (Å²) in [5.74, 6) is 0.0422. The lowest BCUT2D eigenvalue weighted by molar-refractivity contribution is -0.385. The van der Waals surface area contributed by atoms with E-state index in [4.69, 9.17) is 14.2 Å². The number of nitrogens with zero attached hydrogens (tertiary/aromatic N) is 1. The summed E-state index contributed by atoms with van der Waals surface area (Å²) in [7, 11) is 1.44. The van der Waals surface area contributed by atoms with Crippen LogP contribution >= 0.6 is 0 Å². The number of non-ortho nitro benzene ring substituents is 1. The summed E-state index contributed by atoms with van der Waals surface area (Å²) in [6.45, 7) is 2.69. The Hall–Kier alpha value is -2.15. The maximum Gasteiger partial charge on any atom is 0.306 e. The molecule has 0 unspecified atom stereocenters. The molecular formula is C14H17NO6. The third-order valence-electron chi connectivity index (χ3n) is 3.49. The summed E-state index contributed by atoms with van der Waals surface area (Å²) in [4.78, 5) is 22.3. The minimum absolute atomic E-state index is 0.0699. The van der Waals surface area contributed by atoms with Crippen molar-refractivity contribution < 1.29 is 23.9 Å². The molecule has 7 nitrogen and oxygen atoms in total. The Balaban J connectivity index is 2.35. The minimum Gasteiger partial charge on any atom is -0.496 e. The molecule has 1 aromatic carbocycles. The molecule has 1 aliphatic heterocycles.